The molecular formula is C12H20N4O2S. The summed E-state index contributed by atoms with van der Waals surface area (Å²) in [7, 11) is -3.44. The standard InChI is InChI=1S/C12H20N4O2S/c1-3-6-13-12-14-8-11(9-15-12)19(17,18)16-7-4-5-10(16)2/h8-10H,3-7H2,1-2H3,(H,13,14,15). The fraction of sp³-hybridized carbons (Fsp3) is 0.667. The number of nitrogens with zero attached hydrogens (tertiary/aromatic N) is 3. The van der Waals surface area contributed by atoms with Gasteiger partial charge in [0.2, 0.25) is 16.0 Å². The summed E-state index contributed by atoms with van der Waals surface area (Å²) >= 11 is 0. The van der Waals surface area contributed by atoms with Gasteiger partial charge in [0.25, 0.3) is 0 Å². The highest BCUT2D eigenvalue weighted by molar-refractivity contribution is 7.89. The SMILES string of the molecule is CCCNc1ncc(S(=O)(=O)N2CCCC2C)cn1. The van der Waals surface area contributed by atoms with Crippen molar-refractivity contribution < 1.29 is 8.42 Å². The molecular weight excluding hydrogens is 264 g/mol. The number of sulfonamides is 1. The van der Waals surface area contributed by atoms with Crippen molar-refractivity contribution in [3.8, 4) is 0 Å². The van der Waals surface area contributed by atoms with Crippen LogP contribution in [0.15, 0.2) is 17.3 Å². The molecule has 0 aromatic carbocycles. The van der Waals surface area contributed by atoms with E-state index in [4.69, 9.17) is 0 Å². The maximum Gasteiger partial charge on any atom is 0.246 e. The van der Waals surface area contributed by atoms with Gasteiger partial charge in [0.1, 0.15) is 4.90 Å². The second-order valence-corrected chi connectivity index (χ2v) is 6.67. The first kappa shape index (κ1) is 14.2. The summed E-state index contributed by atoms with van der Waals surface area (Å²) in [6.07, 6.45) is 5.55. The molecule has 1 aliphatic rings. The van der Waals surface area contributed by atoms with E-state index in [9.17, 15) is 8.42 Å². The minimum atomic E-state index is -3.44. The van der Waals surface area contributed by atoms with Gasteiger partial charge in [-0.25, -0.2) is 18.4 Å². The second kappa shape index (κ2) is 5.83. The normalized spacial score (nSPS) is 20.6. The van der Waals surface area contributed by atoms with Crippen molar-refractivity contribution in [1.82, 2.24) is 14.3 Å². The largest absolute Gasteiger partial charge is 0.354 e. The van der Waals surface area contributed by atoms with Crippen molar-refractivity contribution in [2.24, 2.45) is 0 Å². The van der Waals surface area contributed by atoms with Crippen LogP contribution in [0, 0.1) is 0 Å². The van der Waals surface area contributed by atoms with Crippen LogP contribution in [0.1, 0.15) is 33.1 Å². The highest BCUT2D eigenvalue weighted by Crippen LogP contribution is 2.25. The fourth-order valence-corrected chi connectivity index (χ4v) is 3.77. The van der Waals surface area contributed by atoms with E-state index in [0.717, 1.165) is 25.8 Å². The summed E-state index contributed by atoms with van der Waals surface area (Å²) in [5, 5.41) is 3.02. The lowest BCUT2D eigenvalue weighted by molar-refractivity contribution is 0.408. The Morgan fingerprint density at radius 3 is 2.63 bits per heavy atom. The molecule has 6 nitrogen and oxygen atoms in total. The van der Waals surface area contributed by atoms with Crippen molar-refractivity contribution in [3.05, 3.63) is 12.4 Å². The summed E-state index contributed by atoms with van der Waals surface area (Å²) in [5.74, 6) is 0.468. The molecule has 0 amide bonds. The molecule has 0 bridgehead atoms. The smallest absolute Gasteiger partial charge is 0.246 e. The molecule has 1 aliphatic heterocycles. The number of anilines is 1. The quantitative estimate of drug-likeness (QED) is 0.886. The Kier molecular flexibility index (Phi) is 4.36. The summed E-state index contributed by atoms with van der Waals surface area (Å²) in [6.45, 7) is 5.33. The highest BCUT2D eigenvalue weighted by atomic mass is 32.2. The molecule has 7 heteroatoms. The van der Waals surface area contributed by atoms with Crippen molar-refractivity contribution in [1.29, 1.82) is 0 Å². The maximum atomic E-state index is 12.4. The van der Waals surface area contributed by atoms with Gasteiger partial charge in [0.05, 0.1) is 12.4 Å². The molecule has 1 aromatic rings. The van der Waals surface area contributed by atoms with Crippen LogP contribution in [0.4, 0.5) is 5.95 Å². The summed E-state index contributed by atoms with van der Waals surface area (Å²) in [4.78, 5) is 8.27. The molecule has 106 valence electrons. The van der Waals surface area contributed by atoms with Crippen molar-refractivity contribution >= 4 is 16.0 Å². The molecule has 1 saturated heterocycles. The number of hydrogen-bond acceptors (Lipinski definition) is 5. The second-order valence-electron chi connectivity index (χ2n) is 4.78. The zero-order valence-electron chi connectivity index (χ0n) is 11.3. The Morgan fingerprint density at radius 2 is 2.11 bits per heavy atom. The number of rotatable bonds is 5. The predicted molar refractivity (Wildman–Crippen MR) is 73.4 cm³/mol. The maximum absolute atomic E-state index is 12.4. The van der Waals surface area contributed by atoms with Gasteiger partial charge >= 0.3 is 0 Å². The number of nitrogens with one attached hydrogen (secondary N) is 1. The molecule has 19 heavy (non-hydrogen) atoms. The Bertz CT molecular complexity index is 515. The molecule has 2 heterocycles. The lowest BCUT2D eigenvalue weighted by Gasteiger charge is -2.20. The van der Waals surface area contributed by atoms with Gasteiger partial charge in [-0.1, -0.05) is 6.92 Å². The van der Waals surface area contributed by atoms with Crippen LogP contribution in [0.3, 0.4) is 0 Å². The van der Waals surface area contributed by atoms with Crippen molar-refractivity contribution in [2.75, 3.05) is 18.4 Å². The molecule has 1 aromatic heterocycles. The zero-order chi connectivity index (χ0) is 13.9. The first-order chi connectivity index (χ1) is 9.05. The van der Waals surface area contributed by atoms with E-state index < -0.39 is 10.0 Å². The van der Waals surface area contributed by atoms with Gasteiger partial charge in [0.15, 0.2) is 0 Å². The molecule has 2 rings (SSSR count). The van der Waals surface area contributed by atoms with Crippen LogP contribution in [-0.2, 0) is 10.0 Å². The van der Waals surface area contributed by atoms with E-state index in [2.05, 4.69) is 15.3 Å². The van der Waals surface area contributed by atoms with Gasteiger partial charge in [-0.15, -0.1) is 0 Å². The Balaban J connectivity index is 2.16. The van der Waals surface area contributed by atoms with Crippen LogP contribution in [0.2, 0.25) is 0 Å². The van der Waals surface area contributed by atoms with Gasteiger partial charge in [-0.3, -0.25) is 0 Å². The Labute approximate surface area is 114 Å². The van der Waals surface area contributed by atoms with E-state index in [1.54, 1.807) is 0 Å². The third kappa shape index (κ3) is 3.03. The molecule has 0 radical (unpaired) electrons. The number of aromatic nitrogens is 2. The molecule has 0 spiro atoms. The van der Waals surface area contributed by atoms with Crippen molar-refractivity contribution in [2.45, 2.75) is 44.0 Å². The summed E-state index contributed by atoms with van der Waals surface area (Å²) < 4.78 is 26.3. The molecule has 1 atom stereocenters. The summed E-state index contributed by atoms with van der Waals surface area (Å²) in [5.41, 5.74) is 0. The van der Waals surface area contributed by atoms with Gasteiger partial charge in [0, 0.05) is 19.1 Å². The lowest BCUT2D eigenvalue weighted by atomic mass is 10.3. The Hall–Kier alpha value is -1.21. The molecule has 0 saturated carbocycles. The van der Waals surface area contributed by atoms with Crippen molar-refractivity contribution in [3.63, 3.8) is 0 Å². The first-order valence-electron chi connectivity index (χ1n) is 6.63. The zero-order valence-corrected chi connectivity index (χ0v) is 12.2. The van der Waals surface area contributed by atoms with E-state index in [0.29, 0.717) is 12.5 Å². The van der Waals surface area contributed by atoms with E-state index >= 15 is 0 Å². The van der Waals surface area contributed by atoms with E-state index in [-0.39, 0.29) is 10.9 Å². The fourth-order valence-electron chi connectivity index (χ4n) is 2.18. The van der Waals surface area contributed by atoms with Crippen LogP contribution < -0.4 is 5.32 Å². The first-order valence-corrected chi connectivity index (χ1v) is 8.07. The molecule has 0 aliphatic carbocycles. The third-order valence-electron chi connectivity index (χ3n) is 3.26. The molecule has 1 fully saturated rings. The highest BCUT2D eigenvalue weighted by Gasteiger charge is 2.32. The third-order valence-corrected chi connectivity index (χ3v) is 5.23. The summed E-state index contributed by atoms with van der Waals surface area (Å²) in [6, 6.07) is 0.0582. The topological polar surface area (TPSA) is 75.2 Å². The van der Waals surface area contributed by atoms with Crippen LogP contribution in [0.5, 0.6) is 0 Å². The monoisotopic (exact) mass is 284 g/mol. The van der Waals surface area contributed by atoms with Crippen LogP contribution in [-0.4, -0.2) is 41.8 Å². The molecule has 1 unspecified atom stereocenters. The minimum absolute atomic E-state index is 0.0582. The van der Waals surface area contributed by atoms with E-state index in [1.165, 1.54) is 16.7 Å². The Morgan fingerprint density at radius 1 is 1.42 bits per heavy atom. The van der Waals surface area contributed by atoms with Gasteiger partial charge < -0.3 is 5.32 Å². The van der Waals surface area contributed by atoms with Gasteiger partial charge in [-0.2, -0.15) is 4.31 Å². The molecule has 1 N–H and O–H groups in total. The average molecular weight is 284 g/mol. The average Bonchev–Trinajstić information content (AvgIpc) is 2.84. The van der Waals surface area contributed by atoms with Crippen LogP contribution >= 0.6 is 0 Å². The van der Waals surface area contributed by atoms with E-state index in [1.807, 2.05) is 13.8 Å². The predicted octanol–water partition coefficient (Wildman–Crippen LogP) is 1.47. The van der Waals surface area contributed by atoms with Gasteiger partial charge in [-0.05, 0) is 26.2 Å². The number of hydrogen-bond donors (Lipinski definition) is 1. The minimum Gasteiger partial charge on any atom is -0.354 e. The lowest BCUT2D eigenvalue weighted by Crippen LogP contribution is -2.33. The van der Waals surface area contributed by atoms with Crippen LogP contribution in [0.25, 0.3) is 0 Å².